The summed E-state index contributed by atoms with van der Waals surface area (Å²) in [5.41, 5.74) is 0. The van der Waals surface area contributed by atoms with Crippen molar-refractivity contribution >= 4 is 14.1 Å². The highest BCUT2D eigenvalue weighted by Crippen LogP contribution is 2.39. The molecule has 1 N–H and O–H groups in total. The maximum absolute atomic E-state index is 11.4. The molecule has 0 aliphatic heterocycles. The number of carbonyl (C=O) groups excluding carboxylic acids is 1. The molecule has 0 aromatic heterocycles. The molecule has 0 bridgehead atoms. The van der Waals surface area contributed by atoms with Gasteiger partial charge in [0, 0.05) is 6.61 Å². The summed E-state index contributed by atoms with van der Waals surface area (Å²) in [5, 5.41) is 10.1. The summed E-state index contributed by atoms with van der Waals surface area (Å²) in [6, 6.07) is 0. The first-order chi connectivity index (χ1) is 9.95. The normalized spacial score (nSPS) is 27.7. The Kier molecular flexibility index (Phi) is 6.60. The molecule has 3 nitrogen and oxygen atoms in total. The summed E-state index contributed by atoms with van der Waals surface area (Å²) in [4.78, 5) is 11.4. The number of hydrogen-bond acceptors (Lipinski definition) is 3. The lowest BCUT2D eigenvalue weighted by Gasteiger charge is -2.40. The van der Waals surface area contributed by atoms with Gasteiger partial charge >= 0.3 is 0 Å². The molecule has 4 heteroatoms. The number of Topliss-reactive ketones (excluding diaryl/α,β-unsaturated/α-hetero) is 1. The number of allylic oxidation sites excluding steroid dienone is 2. The summed E-state index contributed by atoms with van der Waals surface area (Å²) in [5.74, 6) is 1.01. The largest absolute Gasteiger partial charge is 0.417 e. The quantitative estimate of drug-likeness (QED) is 0.588. The van der Waals surface area contributed by atoms with E-state index in [-0.39, 0.29) is 10.8 Å². The molecule has 0 aromatic carbocycles. The molecule has 0 saturated heterocycles. The Morgan fingerprint density at radius 1 is 1.41 bits per heavy atom. The number of rotatable bonds is 6. The van der Waals surface area contributed by atoms with E-state index in [0.29, 0.717) is 24.2 Å². The zero-order chi connectivity index (χ0) is 17.1. The summed E-state index contributed by atoms with van der Waals surface area (Å²) in [6.45, 7) is 15.7. The second-order valence-corrected chi connectivity index (χ2v) is 13.2. The first-order valence-electron chi connectivity index (χ1n) is 8.45. The Morgan fingerprint density at radius 2 is 2.00 bits per heavy atom. The van der Waals surface area contributed by atoms with Crippen LogP contribution in [0.15, 0.2) is 12.2 Å². The Balaban J connectivity index is 2.75. The van der Waals surface area contributed by atoms with E-state index in [4.69, 9.17) is 4.43 Å². The molecular formula is C18H34O3Si. The molecule has 0 spiro atoms. The van der Waals surface area contributed by atoms with Crippen LogP contribution in [0.25, 0.3) is 0 Å². The summed E-state index contributed by atoms with van der Waals surface area (Å²) >= 11 is 0. The fraction of sp³-hybridized carbons (Fsp3) is 0.833. The fourth-order valence-electron chi connectivity index (χ4n) is 2.75. The average molecular weight is 327 g/mol. The van der Waals surface area contributed by atoms with Gasteiger partial charge in [-0.25, -0.2) is 0 Å². The van der Waals surface area contributed by atoms with Crippen molar-refractivity contribution in [3.05, 3.63) is 12.2 Å². The first-order valence-corrected chi connectivity index (χ1v) is 11.4. The van der Waals surface area contributed by atoms with Crippen LogP contribution >= 0.6 is 0 Å². The number of ketones is 1. The van der Waals surface area contributed by atoms with E-state index < -0.39 is 14.4 Å². The van der Waals surface area contributed by atoms with Crippen LogP contribution in [0.5, 0.6) is 0 Å². The minimum Gasteiger partial charge on any atom is -0.417 e. The van der Waals surface area contributed by atoms with E-state index in [1.165, 1.54) is 6.92 Å². The van der Waals surface area contributed by atoms with Gasteiger partial charge in [0.1, 0.15) is 6.10 Å². The minimum atomic E-state index is -1.76. The van der Waals surface area contributed by atoms with Crippen LogP contribution in [0.2, 0.25) is 18.1 Å². The molecule has 22 heavy (non-hydrogen) atoms. The zero-order valence-electron chi connectivity index (χ0n) is 15.3. The maximum Gasteiger partial charge on any atom is 0.191 e. The van der Waals surface area contributed by atoms with E-state index >= 15 is 0 Å². The van der Waals surface area contributed by atoms with Gasteiger partial charge in [-0.05, 0) is 55.7 Å². The SMILES string of the molecule is CC(=O)C(O)C[C@H]1CC=C[C@@H](C)[C@H]1CO[Si](C)(C)C(C)(C)C. The monoisotopic (exact) mass is 326 g/mol. The highest BCUT2D eigenvalue weighted by Gasteiger charge is 2.39. The van der Waals surface area contributed by atoms with Gasteiger partial charge in [-0.1, -0.05) is 39.8 Å². The van der Waals surface area contributed by atoms with Crippen LogP contribution in [0, 0.1) is 17.8 Å². The molecular weight excluding hydrogens is 292 g/mol. The van der Waals surface area contributed by atoms with Gasteiger partial charge in [-0.3, -0.25) is 4.79 Å². The first kappa shape index (κ1) is 19.6. The van der Waals surface area contributed by atoms with Gasteiger partial charge in [0.2, 0.25) is 0 Å². The Hall–Kier alpha value is -0.453. The number of carbonyl (C=O) groups is 1. The summed E-state index contributed by atoms with van der Waals surface area (Å²) in [6.07, 6.45) is 5.08. The van der Waals surface area contributed by atoms with E-state index in [9.17, 15) is 9.90 Å². The minimum absolute atomic E-state index is 0.133. The Bertz CT molecular complexity index is 409. The van der Waals surface area contributed by atoms with Crippen LogP contribution in [-0.2, 0) is 9.22 Å². The van der Waals surface area contributed by atoms with Gasteiger partial charge in [-0.15, -0.1) is 0 Å². The third-order valence-electron chi connectivity index (χ3n) is 5.60. The van der Waals surface area contributed by atoms with Crippen LogP contribution in [0.1, 0.15) is 47.5 Å². The molecule has 4 atom stereocenters. The summed E-state index contributed by atoms with van der Waals surface area (Å²) in [7, 11) is -1.76. The Morgan fingerprint density at radius 3 is 2.50 bits per heavy atom. The van der Waals surface area contributed by atoms with Crippen molar-refractivity contribution in [2.45, 2.75) is 71.7 Å². The standard InChI is InChI=1S/C18H34O3Si/c1-13-9-8-10-15(11-17(20)14(2)19)16(13)12-21-22(6,7)18(3,4)5/h8-9,13,15-17,20H,10-12H2,1-7H3/t13-,15-,16-,17?/m1/s1. The van der Waals surface area contributed by atoms with Crippen molar-refractivity contribution in [1.82, 2.24) is 0 Å². The second-order valence-electron chi connectivity index (χ2n) is 8.38. The molecule has 0 radical (unpaired) electrons. The van der Waals surface area contributed by atoms with Crippen molar-refractivity contribution < 1.29 is 14.3 Å². The lowest BCUT2D eigenvalue weighted by molar-refractivity contribution is -0.126. The van der Waals surface area contributed by atoms with Crippen molar-refractivity contribution in [2.75, 3.05) is 6.61 Å². The predicted octanol–water partition coefficient (Wildman–Crippen LogP) is 4.18. The van der Waals surface area contributed by atoms with Gasteiger partial charge in [-0.2, -0.15) is 0 Å². The number of hydrogen-bond donors (Lipinski definition) is 1. The molecule has 1 aliphatic carbocycles. The maximum atomic E-state index is 11.4. The third kappa shape index (κ3) is 5.03. The van der Waals surface area contributed by atoms with E-state index in [2.05, 4.69) is 52.9 Å². The van der Waals surface area contributed by atoms with Crippen molar-refractivity contribution in [1.29, 1.82) is 0 Å². The molecule has 0 aromatic rings. The van der Waals surface area contributed by atoms with Crippen molar-refractivity contribution in [3.63, 3.8) is 0 Å². The number of aliphatic hydroxyl groups excluding tert-OH is 1. The van der Waals surface area contributed by atoms with Gasteiger partial charge in [0.05, 0.1) is 0 Å². The zero-order valence-corrected chi connectivity index (χ0v) is 16.3. The lowest BCUT2D eigenvalue weighted by atomic mass is 9.74. The highest BCUT2D eigenvalue weighted by molar-refractivity contribution is 6.74. The van der Waals surface area contributed by atoms with Crippen LogP contribution in [-0.4, -0.2) is 31.9 Å². The predicted molar refractivity (Wildman–Crippen MR) is 94.4 cm³/mol. The van der Waals surface area contributed by atoms with Gasteiger partial charge < -0.3 is 9.53 Å². The van der Waals surface area contributed by atoms with Crippen LogP contribution < -0.4 is 0 Å². The molecule has 0 heterocycles. The topological polar surface area (TPSA) is 46.5 Å². The van der Waals surface area contributed by atoms with E-state index in [1.54, 1.807) is 0 Å². The van der Waals surface area contributed by atoms with E-state index in [0.717, 1.165) is 13.0 Å². The third-order valence-corrected chi connectivity index (χ3v) is 10.1. The van der Waals surface area contributed by atoms with Gasteiger partial charge in [0.15, 0.2) is 14.1 Å². The molecule has 0 fully saturated rings. The molecule has 1 unspecified atom stereocenters. The summed E-state index contributed by atoms with van der Waals surface area (Å²) < 4.78 is 6.41. The van der Waals surface area contributed by atoms with Crippen molar-refractivity contribution in [3.8, 4) is 0 Å². The molecule has 128 valence electrons. The van der Waals surface area contributed by atoms with E-state index in [1.807, 2.05) is 0 Å². The lowest BCUT2D eigenvalue weighted by Crippen LogP contribution is -2.44. The molecule has 1 rings (SSSR count). The second kappa shape index (κ2) is 7.41. The van der Waals surface area contributed by atoms with Crippen LogP contribution in [0.3, 0.4) is 0 Å². The molecule has 1 aliphatic rings. The average Bonchev–Trinajstić information content (AvgIpc) is 2.36. The Labute approximate surface area is 137 Å². The van der Waals surface area contributed by atoms with Crippen molar-refractivity contribution in [2.24, 2.45) is 17.8 Å². The highest BCUT2D eigenvalue weighted by atomic mass is 28.4. The van der Waals surface area contributed by atoms with Crippen LogP contribution in [0.4, 0.5) is 0 Å². The number of aliphatic hydroxyl groups is 1. The smallest absolute Gasteiger partial charge is 0.191 e. The molecule has 0 saturated carbocycles. The van der Waals surface area contributed by atoms with Gasteiger partial charge in [0.25, 0.3) is 0 Å². The molecule has 0 amide bonds. The fourth-order valence-corrected chi connectivity index (χ4v) is 3.79.